The van der Waals surface area contributed by atoms with Crippen LogP contribution in [0.4, 0.5) is 5.69 Å². The molecule has 114 valence electrons. The third-order valence-corrected chi connectivity index (χ3v) is 3.33. The number of nitrogens with one attached hydrogen (secondary N) is 2. The molecule has 0 aliphatic heterocycles. The Kier molecular flexibility index (Phi) is 4.16. The van der Waals surface area contributed by atoms with Crippen LogP contribution in [0.1, 0.15) is 10.4 Å². The Labute approximate surface area is 136 Å². The van der Waals surface area contributed by atoms with Gasteiger partial charge < -0.3 is 10.3 Å². The number of amides is 1. The minimum Gasteiger partial charge on any atom is -0.320 e. The van der Waals surface area contributed by atoms with Crippen molar-refractivity contribution in [3.05, 3.63) is 75.9 Å². The van der Waals surface area contributed by atoms with Crippen LogP contribution in [0.25, 0.3) is 11.4 Å². The molecule has 2 aromatic heterocycles. The molecule has 0 spiro atoms. The Morgan fingerprint density at radius 1 is 1.13 bits per heavy atom. The topological polar surface area (TPSA) is 87.7 Å². The van der Waals surface area contributed by atoms with Gasteiger partial charge in [-0.25, -0.2) is 4.98 Å². The number of aromatic amines is 1. The van der Waals surface area contributed by atoms with Gasteiger partial charge in [0.2, 0.25) is 0 Å². The summed E-state index contributed by atoms with van der Waals surface area (Å²) in [6.07, 6.45) is 4.32. The summed E-state index contributed by atoms with van der Waals surface area (Å²) in [5.74, 6) is -0.181. The van der Waals surface area contributed by atoms with Crippen LogP contribution in [0, 0.1) is 0 Å². The van der Waals surface area contributed by atoms with E-state index in [-0.39, 0.29) is 5.56 Å². The quantitative estimate of drug-likeness (QED) is 0.774. The molecule has 0 saturated carbocycles. The van der Waals surface area contributed by atoms with Crippen molar-refractivity contribution in [1.29, 1.82) is 0 Å². The number of carbonyl (C=O) groups excluding carboxylic acids is 1. The lowest BCUT2D eigenvalue weighted by Crippen LogP contribution is -2.24. The summed E-state index contributed by atoms with van der Waals surface area (Å²) in [7, 11) is 0. The molecular formula is C16H11ClN4O2. The Morgan fingerprint density at radius 2 is 1.91 bits per heavy atom. The normalized spacial score (nSPS) is 10.3. The number of H-pyrrole nitrogens is 1. The summed E-state index contributed by atoms with van der Waals surface area (Å²) in [6.45, 7) is 0. The summed E-state index contributed by atoms with van der Waals surface area (Å²) in [4.78, 5) is 34.8. The molecule has 23 heavy (non-hydrogen) atoms. The van der Waals surface area contributed by atoms with E-state index in [2.05, 4.69) is 20.3 Å². The molecule has 1 aromatic carbocycles. The number of carbonyl (C=O) groups is 1. The van der Waals surface area contributed by atoms with Gasteiger partial charge in [0.15, 0.2) is 0 Å². The van der Waals surface area contributed by atoms with Crippen LogP contribution < -0.4 is 10.9 Å². The smallest absolute Gasteiger partial charge is 0.264 e. The van der Waals surface area contributed by atoms with Gasteiger partial charge in [-0.3, -0.25) is 14.6 Å². The van der Waals surface area contributed by atoms with Gasteiger partial charge in [0.1, 0.15) is 11.4 Å². The van der Waals surface area contributed by atoms with Crippen molar-refractivity contribution < 1.29 is 4.79 Å². The second-order valence-electron chi connectivity index (χ2n) is 4.68. The molecule has 3 rings (SSSR count). The molecule has 0 unspecified atom stereocenters. The van der Waals surface area contributed by atoms with E-state index in [1.807, 2.05) is 0 Å². The van der Waals surface area contributed by atoms with E-state index < -0.39 is 11.5 Å². The van der Waals surface area contributed by atoms with Crippen molar-refractivity contribution >= 4 is 23.2 Å². The van der Waals surface area contributed by atoms with Gasteiger partial charge >= 0.3 is 0 Å². The highest BCUT2D eigenvalue weighted by molar-refractivity contribution is 6.30. The zero-order valence-electron chi connectivity index (χ0n) is 11.8. The number of hydrogen-bond donors (Lipinski definition) is 2. The van der Waals surface area contributed by atoms with E-state index in [0.717, 1.165) is 0 Å². The Morgan fingerprint density at radius 3 is 2.57 bits per heavy atom. The number of hydrogen-bond acceptors (Lipinski definition) is 4. The highest BCUT2D eigenvalue weighted by Crippen LogP contribution is 2.17. The van der Waals surface area contributed by atoms with E-state index in [1.165, 1.54) is 12.4 Å². The standard InChI is InChI=1S/C16H11ClN4O2/c17-11-5-3-10(4-6-11)14-19-9-13(16(23)21-14)15(22)20-12-2-1-7-18-8-12/h1-9H,(H,20,22)(H,19,21,23). The molecule has 0 aliphatic rings. The second-order valence-corrected chi connectivity index (χ2v) is 5.11. The van der Waals surface area contributed by atoms with E-state index in [1.54, 1.807) is 42.6 Å². The molecule has 0 fully saturated rings. The molecule has 2 N–H and O–H groups in total. The first-order valence-electron chi connectivity index (χ1n) is 6.70. The maximum atomic E-state index is 12.1. The number of rotatable bonds is 3. The molecule has 0 bridgehead atoms. The van der Waals surface area contributed by atoms with Gasteiger partial charge in [-0.05, 0) is 36.4 Å². The molecule has 3 aromatic rings. The molecule has 0 aliphatic carbocycles. The van der Waals surface area contributed by atoms with Crippen LogP contribution in [0.3, 0.4) is 0 Å². The van der Waals surface area contributed by atoms with Gasteiger partial charge in [-0.2, -0.15) is 0 Å². The maximum absolute atomic E-state index is 12.1. The zero-order valence-corrected chi connectivity index (χ0v) is 12.5. The van der Waals surface area contributed by atoms with E-state index in [9.17, 15) is 9.59 Å². The Balaban J connectivity index is 1.86. The molecular weight excluding hydrogens is 316 g/mol. The Bertz CT molecular complexity index is 892. The lowest BCUT2D eigenvalue weighted by molar-refractivity contribution is 0.102. The first-order valence-corrected chi connectivity index (χ1v) is 7.08. The van der Waals surface area contributed by atoms with Crippen molar-refractivity contribution in [2.75, 3.05) is 5.32 Å². The summed E-state index contributed by atoms with van der Waals surface area (Å²) < 4.78 is 0. The summed E-state index contributed by atoms with van der Waals surface area (Å²) in [5.41, 5.74) is 0.599. The highest BCUT2D eigenvalue weighted by Gasteiger charge is 2.13. The fourth-order valence-electron chi connectivity index (χ4n) is 1.95. The van der Waals surface area contributed by atoms with Gasteiger partial charge in [0.05, 0.1) is 11.9 Å². The predicted molar refractivity (Wildman–Crippen MR) is 87.5 cm³/mol. The number of anilines is 1. The Hall–Kier alpha value is -2.99. The van der Waals surface area contributed by atoms with Gasteiger partial charge in [0, 0.05) is 23.0 Å². The van der Waals surface area contributed by atoms with E-state index in [4.69, 9.17) is 11.6 Å². The average molecular weight is 327 g/mol. The molecule has 2 heterocycles. The lowest BCUT2D eigenvalue weighted by atomic mass is 10.2. The first kappa shape index (κ1) is 14.9. The van der Waals surface area contributed by atoms with E-state index in [0.29, 0.717) is 22.1 Å². The molecule has 1 amide bonds. The monoisotopic (exact) mass is 326 g/mol. The number of aromatic nitrogens is 3. The predicted octanol–water partition coefficient (Wildman–Crippen LogP) is 2.74. The lowest BCUT2D eigenvalue weighted by Gasteiger charge is -2.05. The van der Waals surface area contributed by atoms with Crippen LogP contribution in [-0.4, -0.2) is 20.9 Å². The number of pyridine rings is 1. The summed E-state index contributed by atoms with van der Waals surface area (Å²) in [6, 6.07) is 10.2. The van der Waals surface area contributed by atoms with Crippen LogP contribution in [0.15, 0.2) is 59.8 Å². The third-order valence-electron chi connectivity index (χ3n) is 3.08. The second kappa shape index (κ2) is 6.41. The van der Waals surface area contributed by atoms with Crippen molar-refractivity contribution in [3.8, 4) is 11.4 Å². The average Bonchev–Trinajstić information content (AvgIpc) is 2.56. The SMILES string of the molecule is O=C(Nc1cccnc1)c1cnc(-c2ccc(Cl)cc2)[nH]c1=O. The van der Waals surface area contributed by atoms with E-state index >= 15 is 0 Å². The fourth-order valence-corrected chi connectivity index (χ4v) is 2.07. The minimum atomic E-state index is -0.547. The highest BCUT2D eigenvalue weighted by atomic mass is 35.5. The largest absolute Gasteiger partial charge is 0.320 e. The molecule has 0 saturated heterocycles. The summed E-state index contributed by atoms with van der Waals surface area (Å²) in [5, 5.41) is 3.17. The maximum Gasteiger partial charge on any atom is 0.264 e. The minimum absolute atomic E-state index is 0.0773. The third kappa shape index (κ3) is 3.44. The van der Waals surface area contributed by atoms with Crippen LogP contribution >= 0.6 is 11.6 Å². The number of halogens is 1. The number of benzene rings is 1. The first-order chi connectivity index (χ1) is 11.1. The zero-order chi connectivity index (χ0) is 16.2. The van der Waals surface area contributed by atoms with Crippen LogP contribution in [0.2, 0.25) is 5.02 Å². The number of nitrogens with zero attached hydrogens (tertiary/aromatic N) is 2. The summed E-state index contributed by atoms with van der Waals surface area (Å²) >= 11 is 5.82. The molecule has 0 atom stereocenters. The van der Waals surface area contributed by atoms with Crippen LogP contribution in [0.5, 0.6) is 0 Å². The van der Waals surface area contributed by atoms with Crippen molar-refractivity contribution in [2.45, 2.75) is 0 Å². The fraction of sp³-hybridized carbons (Fsp3) is 0. The molecule has 7 heteroatoms. The molecule has 6 nitrogen and oxygen atoms in total. The van der Waals surface area contributed by atoms with Gasteiger partial charge in [-0.1, -0.05) is 11.6 Å². The van der Waals surface area contributed by atoms with Gasteiger partial charge in [-0.15, -0.1) is 0 Å². The van der Waals surface area contributed by atoms with Gasteiger partial charge in [0.25, 0.3) is 11.5 Å². The molecule has 0 radical (unpaired) electrons. The van der Waals surface area contributed by atoms with Crippen molar-refractivity contribution in [2.24, 2.45) is 0 Å². The van der Waals surface area contributed by atoms with Crippen molar-refractivity contribution in [1.82, 2.24) is 15.0 Å². The van der Waals surface area contributed by atoms with Crippen molar-refractivity contribution in [3.63, 3.8) is 0 Å². The van der Waals surface area contributed by atoms with Crippen LogP contribution in [-0.2, 0) is 0 Å².